The zero-order chi connectivity index (χ0) is 16.8. The number of esters is 1. The van der Waals surface area contributed by atoms with Gasteiger partial charge in [-0.3, -0.25) is 4.79 Å². The van der Waals surface area contributed by atoms with Gasteiger partial charge in [-0.25, -0.2) is 4.79 Å². The summed E-state index contributed by atoms with van der Waals surface area (Å²) in [4.78, 5) is 23.6. The van der Waals surface area contributed by atoms with Gasteiger partial charge in [0.05, 0.1) is 5.69 Å². The summed E-state index contributed by atoms with van der Waals surface area (Å²) in [7, 11) is 0. The third-order valence-electron chi connectivity index (χ3n) is 2.53. The average molecular weight is 342 g/mol. The molecule has 0 spiro atoms. The second kappa shape index (κ2) is 7.73. The van der Waals surface area contributed by atoms with E-state index in [-0.39, 0.29) is 5.76 Å². The molecule has 6 nitrogen and oxygen atoms in total. The Bertz CT molecular complexity index is 688. The number of benzene rings is 1. The lowest BCUT2D eigenvalue weighted by atomic mass is 10.3. The second-order valence-corrected chi connectivity index (χ2v) is 5.42. The highest BCUT2D eigenvalue weighted by Gasteiger charge is 2.15. The maximum absolute atomic E-state index is 12.2. The van der Waals surface area contributed by atoms with Gasteiger partial charge in [0, 0.05) is 16.6 Å². The molecule has 0 atom stereocenters. The molecule has 0 unspecified atom stereocenters. The number of carbonyl (C=O) groups is 2. The summed E-state index contributed by atoms with van der Waals surface area (Å²) in [5.41, 5.74) is 0.920. The number of ether oxygens (including phenoxy) is 1. The van der Waals surface area contributed by atoms with Crippen molar-refractivity contribution < 1.29 is 27.6 Å². The van der Waals surface area contributed by atoms with E-state index in [0.29, 0.717) is 28.0 Å². The van der Waals surface area contributed by atoms with Crippen molar-refractivity contribution in [1.82, 2.24) is 5.16 Å². The standard InChI is InChI=1S/C14H12F2N2O4S/c1-8-6-11(22-18-8)13(20)21-7-12(19)17-9-2-4-10(5-3-9)23-14(15)16/h2-6,14H,7H2,1H3,(H,17,19). The molecule has 0 fully saturated rings. The number of hydrogen-bond acceptors (Lipinski definition) is 6. The van der Waals surface area contributed by atoms with E-state index in [2.05, 4.69) is 10.5 Å². The molecule has 2 rings (SSSR count). The molecule has 0 saturated heterocycles. The van der Waals surface area contributed by atoms with Gasteiger partial charge in [0.2, 0.25) is 5.76 Å². The van der Waals surface area contributed by atoms with E-state index in [1.54, 1.807) is 6.92 Å². The van der Waals surface area contributed by atoms with Crippen LogP contribution in [0.25, 0.3) is 0 Å². The van der Waals surface area contributed by atoms with Gasteiger partial charge < -0.3 is 14.6 Å². The Morgan fingerprint density at radius 2 is 2.04 bits per heavy atom. The molecule has 0 radical (unpaired) electrons. The first kappa shape index (κ1) is 16.9. The van der Waals surface area contributed by atoms with E-state index in [0.717, 1.165) is 0 Å². The van der Waals surface area contributed by atoms with Crippen LogP contribution >= 0.6 is 11.8 Å². The number of nitrogens with zero attached hydrogens (tertiary/aromatic N) is 1. The number of aryl methyl sites for hydroxylation is 1. The smallest absolute Gasteiger partial charge is 0.377 e. The molecule has 1 aromatic carbocycles. The maximum atomic E-state index is 12.2. The predicted molar refractivity (Wildman–Crippen MR) is 78.5 cm³/mol. The highest BCUT2D eigenvalue weighted by molar-refractivity contribution is 7.99. The van der Waals surface area contributed by atoms with Crippen molar-refractivity contribution in [1.29, 1.82) is 0 Å². The molecule has 0 saturated carbocycles. The van der Waals surface area contributed by atoms with Crippen LogP contribution in [0.4, 0.5) is 14.5 Å². The maximum Gasteiger partial charge on any atom is 0.377 e. The van der Waals surface area contributed by atoms with Crippen LogP contribution in [-0.2, 0) is 9.53 Å². The summed E-state index contributed by atoms with van der Waals surface area (Å²) >= 11 is 0.408. The van der Waals surface area contributed by atoms with Crippen LogP contribution in [0.3, 0.4) is 0 Å². The van der Waals surface area contributed by atoms with Crippen LogP contribution in [0.15, 0.2) is 39.8 Å². The number of halogens is 2. The monoisotopic (exact) mass is 342 g/mol. The van der Waals surface area contributed by atoms with Crippen LogP contribution in [0.1, 0.15) is 16.2 Å². The predicted octanol–water partition coefficient (Wildman–Crippen LogP) is 3.09. The molecule has 2 aromatic rings. The fourth-order valence-corrected chi connectivity index (χ4v) is 2.08. The van der Waals surface area contributed by atoms with E-state index < -0.39 is 24.2 Å². The zero-order valence-electron chi connectivity index (χ0n) is 11.9. The van der Waals surface area contributed by atoms with Crippen molar-refractivity contribution in [3.63, 3.8) is 0 Å². The summed E-state index contributed by atoms with van der Waals surface area (Å²) in [6.45, 7) is 1.13. The normalized spacial score (nSPS) is 10.6. The number of aromatic nitrogens is 1. The van der Waals surface area contributed by atoms with Gasteiger partial charge in [0.1, 0.15) is 0 Å². The molecule has 1 N–H and O–H groups in total. The third-order valence-corrected chi connectivity index (χ3v) is 3.25. The summed E-state index contributed by atoms with van der Waals surface area (Å²) in [5.74, 6) is -3.97. The molecule has 1 aromatic heterocycles. The quantitative estimate of drug-likeness (QED) is 0.642. The fourth-order valence-electron chi connectivity index (χ4n) is 1.58. The van der Waals surface area contributed by atoms with Crippen molar-refractivity contribution in [2.45, 2.75) is 17.6 Å². The lowest BCUT2D eigenvalue weighted by molar-refractivity contribution is -0.119. The molecule has 122 valence electrons. The molecule has 0 aliphatic rings. The second-order valence-electron chi connectivity index (χ2n) is 4.36. The Morgan fingerprint density at radius 1 is 1.35 bits per heavy atom. The highest BCUT2D eigenvalue weighted by atomic mass is 32.2. The molecule has 1 heterocycles. The number of hydrogen-bond donors (Lipinski definition) is 1. The van der Waals surface area contributed by atoms with E-state index in [1.165, 1.54) is 30.3 Å². The molecule has 0 bridgehead atoms. The number of amides is 1. The van der Waals surface area contributed by atoms with E-state index in [4.69, 9.17) is 9.26 Å². The van der Waals surface area contributed by atoms with Crippen molar-refractivity contribution in [3.05, 3.63) is 41.8 Å². The Hall–Kier alpha value is -2.42. The molecular formula is C14H12F2N2O4S. The topological polar surface area (TPSA) is 81.4 Å². The molecule has 1 amide bonds. The van der Waals surface area contributed by atoms with Gasteiger partial charge in [-0.2, -0.15) is 8.78 Å². The molecule has 0 aliphatic carbocycles. The molecule has 23 heavy (non-hydrogen) atoms. The Balaban J connectivity index is 1.81. The van der Waals surface area contributed by atoms with Crippen molar-refractivity contribution >= 4 is 29.3 Å². The number of thioether (sulfide) groups is 1. The lowest BCUT2D eigenvalue weighted by Crippen LogP contribution is -2.20. The van der Waals surface area contributed by atoms with Crippen molar-refractivity contribution in [2.24, 2.45) is 0 Å². The summed E-state index contributed by atoms with van der Waals surface area (Å²) in [5, 5.41) is 6.00. The Kier molecular flexibility index (Phi) is 5.69. The minimum Gasteiger partial charge on any atom is -0.450 e. The largest absolute Gasteiger partial charge is 0.450 e. The summed E-state index contributed by atoms with van der Waals surface area (Å²) in [6.07, 6.45) is 0. The van der Waals surface area contributed by atoms with Gasteiger partial charge in [-0.05, 0) is 31.2 Å². The van der Waals surface area contributed by atoms with Crippen molar-refractivity contribution in [2.75, 3.05) is 11.9 Å². The van der Waals surface area contributed by atoms with E-state index in [1.807, 2.05) is 0 Å². The van der Waals surface area contributed by atoms with Crippen LogP contribution in [0.5, 0.6) is 0 Å². The SMILES string of the molecule is Cc1cc(C(=O)OCC(=O)Nc2ccc(SC(F)F)cc2)on1. The fraction of sp³-hybridized carbons (Fsp3) is 0.214. The van der Waals surface area contributed by atoms with E-state index >= 15 is 0 Å². The number of rotatable bonds is 6. The van der Waals surface area contributed by atoms with Crippen LogP contribution in [0, 0.1) is 6.92 Å². The van der Waals surface area contributed by atoms with Gasteiger partial charge in [0.25, 0.3) is 11.7 Å². The minimum absolute atomic E-state index is 0.0938. The summed E-state index contributed by atoms with van der Waals surface area (Å²) < 4.78 is 33.8. The molecule has 0 aliphatic heterocycles. The highest BCUT2D eigenvalue weighted by Crippen LogP contribution is 2.26. The van der Waals surface area contributed by atoms with Gasteiger partial charge >= 0.3 is 5.97 Å². The summed E-state index contributed by atoms with van der Waals surface area (Å²) in [6, 6.07) is 7.25. The van der Waals surface area contributed by atoms with Crippen LogP contribution in [0.2, 0.25) is 0 Å². The number of anilines is 1. The first-order valence-corrected chi connectivity index (χ1v) is 7.27. The van der Waals surface area contributed by atoms with Crippen LogP contribution in [-0.4, -0.2) is 29.4 Å². The van der Waals surface area contributed by atoms with E-state index in [9.17, 15) is 18.4 Å². The lowest BCUT2D eigenvalue weighted by Gasteiger charge is -2.06. The third kappa shape index (κ3) is 5.37. The molecule has 9 heteroatoms. The first-order chi connectivity index (χ1) is 10.9. The zero-order valence-corrected chi connectivity index (χ0v) is 12.7. The average Bonchev–Trinajstić information content (AvgIpc) is 2.93. The Morgan fingerprint density at radius 3 is 2.61 bits per heavy atom. The van der Waals surface area contributed by atoms with Gasteiger partial charge in [-0.15, -0.1) is 0 Å². The first-order valence-electron chi connectivity index (χ1n) is 6.39. The Labute approximate surface area is 134 Å². The van der Waals surface area contributed by atoms with Crippen molar-refractivity contribution in [3.8, 4) is 0 Å². The number of alkyl halides is 2. The number of nitrogens with one attached hydrogen (secondary N) is 1. The minimum atomic E-state index is -2.51. The van der Waals surface area contributed by atoms with Gasteiger partial charge in [-0.1, -0.05) is 16.9 Å². The molecular weight excluding hydrogens is 330 g/mol. The number of carbonyl (C=O) groups excluding carboxylic acids is 2. The van der Waals surface area contributed by atoms with Gasteiger partial charge in [0.15, 0.2) is 6.61 Å². The van der Waals surface area contributed by atoms with Crippen LogP contribution < -0.4 is 5.32 Å².